The van der Waals surface area contributed by atoms with Gasteiger partial charge in [-0.2, -0.15) is 0 Å². The minimum absolute atomic E-state index is 0.190. The lowest BCUT2D eigenvalue weighted by atomic mass is 9.95. The van der Waals surface area contributed by atoms with Gasteiger partial charge in [-0.05, 0) is 48.9 Å². The molecule has 1 aromatic heterocycles. The van der Waals surface area contributed by atoms with Crippen LogP contribution in [0.15, 0.2) is 29.2 Å². The van der Waals surface area contributed by atoms with Crippen LogP contribution in [-0.2, 0) is 28.8 Å². The summed E-state index contributed by atoms with van der Waals surface area (Å²) >= 11 is 3.20. The minimum atomic E-state index is -0.813. The number of thiophene rings is 1. The van der Waals surface area contributed by atoms with Crippen LogP contribution in [-0.4, -0.2) is 30.3 Å². The molecule has 2 N–H and O–H groups in total. The molecule has 0 saturated carbocycles. The Morgan fingerprint density at radius 1 is 1.13 bits per heavy atom. The molecule has 0 unspecified atom stereocenters. The fourth-order valence-corrected chi connectivity index (χ4v) is 5.56. The average molecular weight is 447 g/mol. The van der Waals surface area contributed by atoms with Crippen molar-refractivity contribution in [3.05, 3.63) is 45.8 Å². The first kappa shape index (κ1) is 22.4. The first-order chi connectivity index (χ1) is 14.4. The van der Waals surface area contributed by atoms with Crippen molar-refractivity contribution in [3.63, 3.8) is 0 Å². The number of thioether (sulfide) groups is 1. The number of amides is 3. The highest BCUT2D eigenvalue weighted by atomic mass is 32.2. The molecule has 30 heavy (non-hydrogen) atoms. The number of alkyl carbamates (subject to hydrolysis) is 1. The van der Waals surface area contributed by atoms with Crippen LogP contribution in [0.1, 0.15) is 53.1 Å². The maximum absolute atomic E-state index is 12.7. The maximum atomic E-state index is 12.7. The molecule has 1 heterocycles. The van der Waals surface area contributed by atoms with Gasteiger partial charge in [-0.1, -0.05) is 26.0 Å². The molecule has 1 aliphatic rings. The van der Waals surface area contributed by atoms with E-state index in [1.165, 1.54) is 23.3 Å². The third-order valence-corrected chi connectivity index (χ3v) is 6.94. The number of methoxy groups -OCH3 is 1. The number of carbonyl (C=O) groups is 3. The molecule has 160 valence electrons. The zero-order chi connectivity index (χ0) is 21.7. The number of imide groups is 1. The number of hydrogen-bond acceptors (Lipinski definition) is 6. The molecule has 6 nitrogen and oxygen atoms in total. The molecule has 0 saturated heterocycles. The van der Waals surface area contributed by atoms with Crippen LogP contribution in [0, 0.1) is 0 Å². The third kappa shape index (κ3) is 5.64. The standard InChI is InChI=1S/C22H26N2O4S2/c1-13(2)29-15-10-8-14(9-11-15)12-18(25)23-21-19(20(26)24-22(27)28-3)16-6-4-5-7-17(16)30-21/h8-11,13H,4-7,12H2,1-3H3,(H,23,25)(H,24,26,27). The second-order valence-corrected chi connectivity index (χ2v) is 10.2. The van der Waals surface area contributed by atoms with Crippen LogP contribution < -0.4 is 10.6 Å². The monoisotopic (exact) mass is 446 g/mol. The lowest BCUT2D eigenvalue weighted by Crippen LogP contribution is -2.31. The summed E-state index contributed by atoms with van der Waals surface area (Å²) in [6.07, 6.45) is 3.08. The van der Waals surface area contributed by atoms with Gasteiger partial charge in [0, 0.05) is 15.0 Å². The number of anilines is 1. The van der Waals surface area contributed by atoms with Crippen molar-refractivity contribution >= 4 is 46.0 Å². The highest BCUT2D eigenvalue weighted by Crippen LogP contribution is 2.38. The zero-order valence-corrected chi connectivity index (χ0v) is 19.0. The number of carbonyl (C=O) groups excluding carboxylic acids is 3. The molecule has 0 bridgehead atoms. The molecular weight excluding hydrogens is 420 g/mol. The van der Waals surface area contributed by atoms with E-state index in [1.807, 2.05) is 24.3 Å². The van der Waals surface area contributed by atoms with E-state index in [0.29, 0.717) is 15.8 Å². The molecule has 0 spiro atoms. The summed E-state index contributed by atoms with van der Waals surface area (Å²) in [6.45, 7) is 4.28. The highest BCUT2D eigenvalue weighted by Gasteiger charge is 2.27. The minimum Gasteiger partial charge on any atom is -0.453 e. The van der Waals surface area contributed by atoms with Gasteiger partial charge in [-0.15, -0.1) is 23.1 Å². The van der Waals surface area contributed by atoms with Gasteiger partial charge in [-0.3, -0.25) is 14.9 Å². The molecule has 0 fully saturated rings. The van der Waals surface area contributed by atoms with E-state index in [1.54, 1.807) is 11.8 Å². The van der Waals surface area contributed by atoms with Gasteiger partial charge in [0.05, 0.1) is 19.1 Å². The molecule has 0 radical (unpaired) electrons. The Kier molecular flexibility index (Phi) is 7.55. The summed E-state index contributed by atoms with van der Waals surface area (Å²) in [6, 6.07) is 7.95. The molecule has 2 aromatic rings. The molecular formula is C22H26N2O4S2. The van der Waals surface area contributed by atoms with Crippen molar-refractivity contribution < 1.29 is 19.1 Å². The van der Waals surface area contributed by atoms with Crippen LogP contribution in [0.3, 0.4) is 0 Å². The van der Waals surface area contributed by atoms with Crippen molar-refractivity contribution in [2.24, 2.45) is 0 Å². The number of nitrogens with one attached hydrogen (secondary N) is 2. The largest absolute Gasteiger partial charge is 0.453 e. The lowest BCUT2D eigenvalue weighted by molar-refractivity contribution is -0.115. The van der Waals surface area contributed by atoms with Crippen molar-refractivity contribution in [3.8, 4) is 0 Å². The Balaban J connectivity index is 1.75. The van der Waals surface area contributed by atoms with Gasteiger partial charge in [0.25, 0.3) is 5.91 Å². The predicted molar refractivity (Wildman–Crippen MR) is 121 cm³/mol. The number of benzene rings is 1. The second kappa shape index (κ2) is 10.1. The second-order valence-electron chi connectivity index (χ2n) is 7.40. The number of rotatable bonds is 6. The van der Waals surface area contributed by atoms with Crippen LogP contribution in [0.2, 0.25) is 0 Å². The SMILES string of the molecule is COC(=O)NC(=O)c1c(NC(=O)Cc2ccc(SC(C)C)cc2)sc2c1CCCC2. The summed E-state index contributed by atoms with van der Waals surface area (Å²) in [5, 5.41) is 6.12. The van der Waals surface area contributed by atoms with Gasteiger partial charge >= 0.3 is 6.09 Å². The topological polar surface area (TPSA) is 84.5 Å². The first-order valence-electron chi connectivity index (χ1n) is 9.96. The molecule has 3 amide bonds. The van der Waals surface area contributed by atoms with E-state index in [9.17, 15) is 14.4 Å². The number of hydrogen-bond donors (Lipinski definition) is 2. The van der Waals surface area contributed by atoms with E-state index in [-0.39, 0.29) is 12.3 Å². The Bertz CT molecular complexity index is 935. The summed E-state index contributed by atoms with van der Waals surface area (Å²) < 4.78 is 4.54. The average Bonchev–Trinajstić information content (AvgIpc) is 3.06. The van der Waals surface area contributed by atoms with Gasteiger partial charge in [0.15, 0.2) is 0 Å². The number of ether oxygens (including phenoxy) is 1. The first-order valence-corrected chi connectivity index (χ1v) is 11.7. The summed E-state index contributed by atoms with van der Waals surface area (Å²) in [5.41, 5.74) is 2.22. The number of fused-ring (bicyclic) bond motifs is 1. The molecule has 1 aromatic carbocycles. The maximum Gasteiger partial charge on any atom is 0.413 e. The van der Waals surface area contributed by atoms with Crippen LogP contribution in [0.4, 0.5) is 9.80 Å². The van der Waals surface area contributed by atoms with E-state index in [0.717, 1.165) is 41.7 Å². The summed E-state index contributed by atoms with van der Waals surface area (Å²) in [5.74, 6) is -0.725. The van der Waals surface area contributed by atoms with Crippen LogP contribution in [0.5, 0.6) is 0 Å². The Morgan fingerprint density at radius 3 is 2.50 bits per heavy atom. The summed E-state index contributed by atoms with van der Waals surface area (Å²) in [7, 11) is 1.21. The molecule has 1 aliphatic carbocycles. The Morgan fingerprint density at radius 2 is 1.83 bits per heavy atom. The van der Waals surface area contributed by atoms with Crippen molar-refractivity contribution in [2.45, 2.75) is 56.1 Å². The van der Waals surface area contributed by atoms with Crippen molar-refractivity contribution in [1.29, 1.82) is 0 Å². The molecule has 3 rings (SSSR count). The summed E-state index contributed by atoms with van der Waals surface area (Å²) in [4.78, 5) is 39.1. The molecule has 0 aliphatic heterocycles. The van der Waals surface area contributed by atoms with E-state index >= 15 is 0 Å². The molecule has 8 heteroatoms. The number of aryl methyl sites for hydroxylation is 1. The van der Waals surface area contributed by atoms with E-state index in [4.69, 9.17) is 0 Å². The third-order valence-electron chi connectivity index (χ3n) is 4.71. The van der Waals surface area contributed by atoms with Crippen LogP contribution in [0.25, 0.3) is 0 Å². The Hall–Kier alpha value is -2.32. The normalized spacial score (nSPS) is 12.9. The van der Waals surface area contributed by atoms with Crippen molar-refractivity contribution in [2.75, 3.05) is 12.4 Å². The zero-order valence-electron chi connectivity index (χ0n) is 17.4. The quantitative estimate of drug-likeness (QED) is 0.623. The van der Waals surface area contributed by atoms with Gasteiger partial charge < -0.3 is 10.1 Å². The lowest BCUT2D eigenvalue weighted by Gasteiger charge is -2.12. The van der Waals surface area contributed by atoms with Gasteiger partial charge in [0.2, 0.25) is 5.91 Å². The van der Waals surface area contributed by atoms with E-state index in [2.05, 4.69) is 29.2 Å². The van der Waals surface area contributed by atoms with Gasteiger partial charge in [0.1, 0.15) is 5.00 Å². The van der Waals surface area contributed by atoms with E-state index < -0.39 is 12.0 Å². The molecule has 0 atom stereocenters. The van der Waals surface area contributed by atoms with Crippen LogP contribution >= 0.6 is 23.1 Å². The fraction of sp³-hybridized carbons (Fsp3) is 0.409. The predicted octanol–water partition coefficient (Wildman–Crippen LogP) is 4.80. The highest BCUT2D eigenvalue weighted by molar-refractivity contribution is 7.99. The van der Waals surface area contributed by atoms with Gasteiger partial charge in [-0.25, -0.2) is 4.79 Å². The smallest absolute Gasteiger partial charge is 0.413 e. The Labute approximate surface area is 184 Å². The fourth-order valence-electron chi connectivity index (χ4n) is 3.41. The van der Waals surface area contributed by atoms with Crippen molar-refractivity contribution in [1.82, 2.24) is 5.32 Å².